The summed E-state index contributed by atoms with van der Waals surface area (Å²) in [7, 11) is -1.99. The van der Waals surface area contributed by atoms with Crippen LogP contribution in [0.25, 0.3) is 0 Å². The van der Waals surface area contributed by atoms with Gasteiger partial charge >= 0.3 is 6.18 Å². The van der Waals surface area contributed by atoms with Gasteiger partial charge in [0, 0.05) is 56.6 Å². The van der Waals surface area contributed by atoms with Gasteiger partial charge in [-0.3, -0.25) is 15.0 Å². The normalized spacial score (nSPS) is 38.5. The first kappa shape index (κ1) is 27.9. The van der Waals surface area contributed by atoms with Gasteiger partial charge in [-0.1, -0.05) is 0 Å². The number of nitrogens with zero attached hydrogens (tertiary/aromatic N) is 3. The van der Waals surface area contributed by atoms with E-state index in [4.69, 9.17) is 11.6 Å². The van der Waals surface area contributed by atoms with Crippen LogP contribution in [0.5, 0.6) is 0 Å². The predicted molar refractivity (Wildman–Crippen MR) is 133 cm³/mol. The van der Waals surface area contributed by atoms with Gasteiger partial charge in [-0.25, -0.2) is 18.9 Å². The Labute approximate surface area is 221 Å². The van der Waals surface area contributed by atoms with Gasteiger partial charge < -0.3 is 10.2 Å². The summed E-state index contributed by atoms with van der Waals surface area (Å²) in [6, 6.07) is -2.15. The molecular formula is C23H38ClF3N6O3S. The van der Waals surface area contributed by atoms with Crippen LogP contribution >= 0.6 is 11.6 Å². The highest BCUT2D eigenvalue weighted by atomic mass is 35.5. The lowest BCUT2D eigenvalue weighted by molar-refractivity contribution is -0.196. The van der Waals surface area contributed by atoms with Gasteiger partial charge in [-0.05, 0) is 45.1 Å². The molecular weight excluding hydrogens is 533 g/mol. The minimum absolute atomic E-state index is 0.0823. The standard InChI is InChI=1S/C23H38ClF3N6O3S/c1-31(22(34)14-6-9-37(35,36)10-7-14)21(23(25,26)27)16-5-4-15(12-28-16)32-8-2-3-17-18(32)13-29-20-11-19(24)30-33(17)20/h14-21,28-30H,2-13H2,1H3/t15?,16?,17?,18?,19?,20?,21-/m0/s1. The fraction of sp³-hybridized carbons (Fsp3) is 0.957. The average molecular weight is 571 g/mol. The van der Waals surface area contributed by atoms with Gasteiger partial charge in [0.05, 0.1) is 23.2 Å². The van der Waals surface area contributed by atoms with E-state index in [-0.39, 0.29) is 48.1 Å². The predicted octanol–water partition coefficient (Wildman–Crippen LogP) is 0.859. The number of amides is 1. The third kappa shape index (κ3) is 5.78. The minimum Gasteiger partial charge on any atom is -0.332 e. The number of hydrogen-bond acceptors (Lipinski definition) is 8. The Balaban J connectivity index is 1.22. The molecule has 0 spiro atoms. The number of rotatable bonds is 4. The number of nitrogens with one attached hydrogen (secondary N) is 3. The van der Waals surface area contributed by atoms with Gasteiger partial charge in [0.1, 0.15) is 15.9 Å². The summed E-state index contributed by atoms with van der Waals surface area (Å²) < 4.78 is 66.2. The molecule has 212 valence electrons. The van der Waals surface area contributed by atoms with Gasteiger partial charge in [0.2, 0.25) is 5.91 Å². The van der Waals surface area contributed by atoms with E-state index in [1.54, 1.807) is 0 Å². The number of carbonyl (C=O) groups excluding carboxylic acids is 1. The zero-order valence-corrected chi connectivity index (χ0v) is 22.7. The quantitative estimate of drug-likeness (QED) is 0.338. The second-order valence-corrected chi connectivity index (χ2v) is 14.1. The number of fused-ring (bicyclic) bond motifs is 3. The van der Waals surface area contributed by atoms with Crippen molar-refractivity contribution in [2.24, 2.45) is 5.92 Å². The lowest BCUT2D eigenvalue weighted by Gasteiger charge is -2.53. The largest absolute Gasteiger partial charge is 0.410 e. The number of hydrogen-bond donors (Lipinski definition) is 3. The number of sulfone groups is 1. The molecule has 5 saturated heterocycles. The molecule has 5 aliphatic heterocycles. The highest BCUT2D eigenvalue weighted by Gasteiger charge is 2.52. The second-order valence-electron chi connectivity index (χ2n) is 11.3. The molecule has 5 rings (SSSR count). The number of halogens is 4. The molecule has 0 aromatic heterocycles. The van der Waals surface area contributed by atoms with E-state index < -0.39 is 39.9 Å². The molecule has 5 heterocycles. The third-order valence-corrected chi connectivity index (χ3v) is 11.0. The van der Waals surface area contributed by atoms with Crippen molar-refractivity contribution >= 4 is 27.3 Å². The maximum atomic E-state index is 14.3. The molecule has 9 nitrogen and oxygen atoms in total. The number of alkyl halides is 4. The van der Waals surface area contributed by atoms with Crippen molar-refractivity contribution in [2.45, 2.75) is 93.0 Å². The molecule has 7 atom stereocenters. The smallest absolute Gasteiger partial charge is 0.332 e. The van der Waals surface area contributed by atoms with Crippen LogP contribution in [0.4, 0.5) is 13.2 Å². The van der Waals surface area contributed by atoms with Crippen LogP contribution in [0.2, 0.25) is 0 Å². The lowest BCUT2D eigenvalue weighted by atomic mass is 9.87. The van der Waals surface area contributed by atoms with E-state index in [0.29, 0.717) is 25.4 Å². The Morgan fingerprint density at radius 1 is 1.05 bits per heavy atom. The summed E-state index contributed by atoms with van der Waals surface area (Å²) in [5.41, 5.74) is 3.27. The van der Waals surface area contributed by atoms with Crippen LogP contribution in [0.3, 0.4) is 0 Å². The summed E-state index contributed by atoms with van der Waals surface area (Å²) in [5.74, 6) is -1.60. The van der Waals surface area contributed by atoms with E-state index >= 15 is 0 Å². The van der Waals surface area contributed by atoms with E-state index in [9.17, 15) is 26.4 Å². The van der Waals surface area contributed by atoms with E-state index in [1.807, 2.05) is 0 Å². The molecule has 6 unspecified atom stereocenters. The number of likely N-dealkylation sites (N-methyl/N-ethyl adjacent to an activating group) is 1. The Morgan fingerprint density at radius 3 is 2.43 bits per heavy atom. The minimum atomic E-state index is -4.59. The molecule has 0 bridgehead atoms. The molecule has 14 heteroatoms. The maximum Gasteiger partial charge on any atom is 0.410 e. The van der Waals surface area contributed by atoms with Crippen LogP contribution in [0, 0.1) is 5.92 Å². The zero-order valence-electron chi connectivity index (χ0n) is 21.1. The van der Waals surface area contributed by atoms with E-state index in [2.05, 4.69) is 26.0 Å². The fourth-order valence-electron chi connectivity index (χ4n) is 7.17. The Bertz CT molecular complexity index is 937. The number of carbonyl (C=O) groups is 1. The molecule has 1 amide bonds. The first-order valence-corrected chi connectivity index (χ1v) is 15.7. The van der Waals surface area contributed by atoms with Crippen LogP contribution in [-0.4, -0.2) is 115 Å². The molecule has 5 aliphatic rings. The maximum absolute atomic E-state index is 14.3. The Morgan fingerprint density at radius 2 is 1.78 bits per heavy atom. The molecule has 0 saturated carbocycles. The summed E-state index contributed by atoms with van der Waals surface area (Å²) in [5, 5.41) is 8.97. The van der Waals surface area contributed by atoms with Crippen LogP contribution in [-0.2, 0) is 14.6 Å². The summed E-state index contributed by atoms with van der Waals surface area (Å²) in [6.07, 6.45) is -0.372. The monoisotopic (exact) mass is 570 g/mol. The number of piperidine rings is 2. The van der Waals surface area contributed by atoms with E-state index in [0.717, 1.165) is 37.3 Å². The van der Waals surface area contributed by atoms with Crippen LogP contribution < -0.4 is 16.1 Å². The summed E-state index contributed by atoms with van der Waals surface area (Å²) in [6.45, 7) is 2.17. The molecule has 0 radical (unpaired) electrons. The lowest BCUT2D eigenvalue weighted by Crippen LogP contribution is -2.71. The molecule has 0 aromatic carbocycles. The van der Waals surface area contributed by atoms with Gasteiger partial charge in [-0.2, -0.15) is 13.2 Å². The molecule has 5 fully saturated rings. The molecule has 37 heavy (non-hydrogen) atoms. The van der Waals surface area contributed by atoms with E-state index in [1.165, 1.54) is 7.05 Å². The van der Waals surface area contributed by atoms with Crippen LogP contribution in [0.15, 0.2) is 0 Å². The van der Waals surface area contributed by atoms with Crippen LogP contribution in [0.1, 0.15) is 44.9 Å². The van der Waals surface area contributed by atoms with Crippen molar-refractivity contribution in [1.29, 1.82) is 0 Å². The highest BCUT2D eigenvalue weighted by Crippen LogP contribution is 2.35. The zero-order chi connectivity index (χ0) is 26.5. The van der Waals surface area contributed by atoms with Crippen molar-refractivity contribution in [1.82, 2.24) is 30.9 Å². The van der Waals surface area contributed by atoms with Crippen molar-refractivity contribution in [2.75, 3.05) is 38.2 Å². The highest BCUT2D eigenvalue weighted by molar-refractivity contribution is 7.91. The number of hydrazine groups is 1. The second kappa shape index (κ2) is 10.7. The first-order valence-electron chi connectivity index (χ1n) is 13.4. The van der Waals surface area contributed by atoms with Crippen molar-refractivity contribution < 1.29 is 26.4 Å². The Kier molecular flexibility index (Phi) is 8.05. The topological polar surface area (TPSA) is 97.0 Å². The van der Waals surface area contributed by atoms with Crippen molar-refractivity contribution in [3.05, 3.63) is 0 Å². The van der Waals surface area contributed by atoms with Crippen molar-refractivity contribution in [3.8, 4) is 0 Å². The average Bonchev–Trinajstić information content (AvgIpc) is 3.24. The number of likely N-dealkylation sites (tertiary alicyclic amines) is 1. The van der Waals surface area contributed by atoms with Crippen molar-refractivity contribution in [3.63, 3.8) is 0 Å². The SMILES string of the molecule is CN(C(=O)C1CCS(=O)(=O)CC1)[C@@H](C1CCC(N2CCCC3C2CNC2CC(Cl)NN23)CN1)C(F)(F)F. The third-order valence-electron chi connectivity index (χ3n) is 9.04. The summed E-state index contributed by atoms with van der Waals surface area (Å²) >= 11 is 6.33. The Hall–Kier alpha value is -0.700. The molecule has 0 aliphatic carbocycles. The van der Waals surface area contributed by atoms with Gasteiger partial charge in [0.15, 0.2) is 0 Å². The summed E-state index contributed by atoms with van der Waals surface area (Å²) in [4.78, 5) is 16.3. The molecule has 0 aromatic rings. The van der Waals surface area contributed by atoms with Gasteiger partial charge in [-0.15, -0.1) is 11.6 Å². The molecule has 3 N–H and O–H groups in total. The first-order chi connectivity index (χ1) is 17.4. The van der Waals surface area contributed by atoms with Gasteiger partial charge in [0.25, 0.3) is 0 Å². The fourth-order valence-corrected chi connectivity index (χ4v) is 8.94.